The van der Waals surface area contributed by atoms with E-state index < -0.39 is 7.91 Å². The lowest BCUT2D eigenvalue weighted by molar-refractivity contribution is 0.322. The van der Waals surface area contributed by atoms with Gasteiger partial charge in [-0.25, -0.2) is 4.57 Å². The average Bonchev–Trinajstić information content (AvgIpc) is 0.722. The summed E-state index contributed by atoms with van der Waals surface area (Å²) in [7, 11) is -5.14. The maximum Gasteiger partial charge on any atom is 0.507 e. The molecule has 0 radical (unpaired) electrons. The highest BCUT2D eigenvalue weighted by Gasteiger charge is 2.04. The van der Waals surface area contributed by atoms with Crippen LogP contribution in [0, 0.1) is 0 Å². The van der Waals surface area contributed by atoms with Crippen molar-refractivity contribution in [2.75, 3.05) is 0 Å². The van der Waals surface area contributed by atoms with Crippen molar-refractivity contribution in [3.63, 3.8) is 0 Å². The second-order valence-corrected chi connectivity index (χ2v) is 1.42. The Hall–Kier alpha value is 0.612. The van der Waals surface area contributed by atoms with Crippen molar-refractivity contribution in [2.24, 2.45) is 0 Å². The van der Waals surface area contributed by atoms with Crippen molar-refractivity contribution in [2.45, 2.75) is 0 Å². The van der Waals surface area contributed by atoms with Crippen molar-refractivity contribution >= 4 is 25.3 Å². The Morgan fingerprint density at radius 2 is 1.50 bits per heavy atom. The van der Waals surface area contributed by atoms with E-state index in [1.807, 2.05) is 0 Å². The maximum atomic E-state index is 10.4. The van der Waals surface area contributed by atoms with Crippen molar-refractivity contribution in [3.8, 4) is 0 Å². The van der Waals surface area contributed by atoms with E-state index >= 15 is 0 Å². The number of hydrogen-bond acceptors (Lipinski definition) is 1. The molecule has 0 aromatic rings. The minimum atomic E-state index is -5.14. The first-order valence-electron chi connectivity index (χ1n) is 0.752. The fraction of sp³-hybridized carbons (Fsp3) is 0. The largest absolute Gasteiger partial charge is 0.507 e. The van der Waals surface area contributed by atoms with Gasteiger partial charge in [0.25, 0.3) is 0 Å². The first-order chi connectivity index (χ1) is 2.00. The molecule has 0 amide bonds. The molecule has 2 N–H and O–H groups in total. The Labute approximate surface area is 44.6 Å². The van der Waals surface area contributed by atoms with Gasteiger partial charge in [-0.1, -0.05) is 0 Å². The van der Waals surface area contributed by atoms with E-state index in [1.165, 1.54) is 0 Å². The highest BCUT2D eigenvalue weighted by Crippen LogP contribution is 2.34. The van der Waals surface area contributed by atoms with Crippen LogP contribution < -0.4 is 0 Å². The van der Waals surface area contributed by atoms with Crippen LogP contribution in [0.5, 0.6) is 0 Å². The van der Waals surface area contributed by atoms with Crippen LogP contribution in [0.3, 0.4) is 0 Å². The number of rotatable bonds is 0. The van der Waals surface area contributed by atoms with E-state index in [2.05, 4.69) is 0 Å². The molecule has 6 heteroatoms. The van der Waals surface area contributed by atoms with Crippen LogP contribution >= 0.6 is 7.91 Å². The van der Waals surface area contributed by atoms with E-state index in [4.69, 9.17) is 14.4 Å². The van der Waals surface area contributed by atoms with Gasteiger partial charge in [-0.3, -0.25) is 9.79 Å². The van der Waals surface area contributed by atoms with Crippen LogP contribution in [-0.2, 0) is 4.57 Å². The summed E-state index contributed by atoms with van der Waals surface area (Å²) in [5, 5.41) is 0. The minimum Gasteiger partial charge on any atom is -0.299 e. The molecule has 0 aliphatic carbocycles. The van der Waals surface area contributed by atoms with E-state index in [9.17, 15) is 4.20 Å². The Morgan fingerprint density at radius 3 is 1.50 bits per heavy atom. The summed E-state index contributed by atoms with van der Waals surface area (Å²) in [5.41, 5.74) is 0. The predicted molar refractivity (Wildman–Crippen MR) is 23.1 cm³/mol. The molecule has 0 aliphatic rings. The molecule has 0 atom stereocenters. The molecule has 0 aliphatic heterocycles. The first-order valence-corrected chi connectivity index (χ1v) is 2.25. The highest BCUT2D eigenvalue weighted by atomic mass is 31.2. The number of hydrogen-bond donors (Lipinski definition) is 2. The van der Waals surface area contributed by atoms with Gasteiger partial charge in [0.2, 0.25) is 0 Å². The summed E-state index contributed by atoms with van der Waals surface area (Å²) >= 11 is 0. The van der Waals surface area contributed by atoms with Crippen molar-refractivity contribution in [1.29, 1.82) is 0 Å². The molecule has 0 aromatic heterocycles. The molecular weight excluding hydrogens is 125 g/mol. The fourth-order valence-electron chi connectivity index (χ4n) is 0. The van der Waals surface area contributed by atoms with Crippen molar-refractivity contribution in [1.82, 2.24) is 0 Å². The third-order valence-corrected chi connectivity index (χ3v) is 0. The van der Waals surface area contributed by atoms with Crippen LogP contribution in [0.15, 0.2) is 0 Å². The normalized spacial score (nSPS) is 9.83. The van der Waals surface area contributed by atoms with Crippen LogP contribution in [0.2, 0.25) is 0 Å². The zero-order chi connectivity index (χ0) is 4.50. The van der Waals surface area contributed by atoms with Crippen LogP contribution in [0.4, 0.5) is 4.20 Å². The molecule has 0 rings (SSSR count). The summed E-state index contributed by atoms with van der Waals surface area (Å²) in [6, 6.07) is 0. The van der Waals surface area contributed by atoms with Gasteiger partial charge in [0.15, 0.2) is 17.4 Å². The molecule has 0 unspecified atom stereocenters. The molecule has 0 heterocycles. The summed E-state index contributed by atoms with van der Waals surface area (Å²) in [4.78, 5) is 13.9. The van der Waals surface area contributed by atoms with Gasteiger partial charge in [-0.05, 0) is 0 Å². The molecule has 3 nitrogen and oxygen atoms in total. The van der Waals surface area contributed by atoms with Crippen LogP contribution in [0.25, 0.3) is 0 Å². The second-order valence-electron chi connectivity index (χ2n) is 0.473. The molecule has 6 heavy (non-hydrogen) atoms. The quantitative estimate of drug-likeness (QED) is 0.322. The van der Waals surface area contributed by atoms with E-state index in [1.54, 1.807) is 0 Å². The topological polar surface area (TPSA) is 57.5 Å². The first kappa shape index (κ1) is 9.79. The zero-order valence-electron chi connectivity index (χ0n) is 2.13. The van der Waals surface area contributed by atoms with Gasteiger partial charge in [-0.2, -0.15) is 0 Å². The third kappa shape index (κ3) is 160. The minimum absolute atomic E-state index is 0. The van der Waals surface area contributed by atoms with Crippen LogP contribution in [-0.4, -0.2) is 27.1 Å². The fourth-order valence-corrected chi connectivity index (χ4v) is 0. The van der Waals surface area contributed by atoms with E-state index in [0.29, 0.717) is 0 Å². The summed E-state index contributed by atoms with van der Waals surface area (Å²) in [6.45, 7) is 0. The van der Waals surface area contributed by atoms with Gasteiger partial charge in [-0.15, -0.1) is 4.20 Å². The average molecular weight is 130 g/mol. The highest BCUT2D eigenvalue weighted by molar-refractivity contribution is 7.45. The lowest BCUT2D eigenvalue weighted by Crippen LogP contribution is -1.56. The lowest BCUT2D eigenvalue weighted by Gasteiger charge is -1.77. The number of halogens is 1. The Kier molecular flexibility index (Phi) is 4.46. The molecule has 0 saturated carbocycles. The summed E-state index contributed by atoms with van der Waals surface area (Å²) < 4.78 is 19.0. The van der Waals surface area contributed by atoms with Gasteiger partial charge < -0.3 is 0 Å². The molecule has 0 spiro atoms. The Morgan fingerprint density at radius 1 is 1.50 bits per heavy atom. The molecule has 0 saturated heterocycles. The van der Waals surface area contributed by atoms with Gasteiger partial charge in [0.05, 0.1) is 0 Å². The second kappa shape index (κ2) is 2.73. The van der Waals surface area contributed by atoms with E-state index in [-0.39, 0.29) is 17.4 Å². The van der Waals surface area contributed by atoms with Crippen LogP contribution in [0.1, 0.15) is 0 Å². The Balaban J connectivity index is 0. The van der Waals surface area contributed by atoms with Gasteiger partial charge >= 0.3 is 7.91 Å². The van der Waals surface area contributed by atoms with Crippen molar-refractivity contribution in [3.05, 3.63) is 0 Å². The maximum absolute atomic E-state index is 10.4. The zero-order valence-corrected chi connectivity index (χ0v) is 3.02. The molecule has 38 valence electrons. The lowest BCUT2D eigenvalue weighted by atomic mass is 15.8. The molecule has 0 bridgehead atoms. The van der Waals surface area contributed by atoms with Gasteiger partial charge in [0.1, 0.15) is 0 Å². The standard InChI is InChI=1S/Al.FH2O3P.3H/c;1-5(2,3)4;;;/h;(H2,2,3,4);;;. The summed E-state index contributed by atoms with van der Waals surface area (Å²) in [6.07, 6.45) is 0. The SMILES string of the molecule is O=P(O)(O)F.[AlH3]. The smallest absolute Gasteiger partial charge is 0.299 e. The monoisotopic (exact) mass is 130 g/mol. The third-order valence-electron chi connectivity index (χ3n) is 0. The molecule has 0 aromatic carbocycles. The Bertz CT molecular complexity index is 56.9. The molecular formula is H5AlFO3P. The van der Waals surface area contributed by atoms with E-state index in [0.717, 1.165) is 0 Å². The predicted octanol–water partition coefficient (Wildman–Crippen LogP) is -1.14. The summed E-state index contributed by atoms with van der Waals surface area (Å²) in [5.74, 6) is 0. The van der Waals surface area contributed by atoms with Crippen molar-refractivity contribution < 1.29 is 18.5 Å². The molecule has 0 fully saturated rings. The van der Waals surface area contributed by atoms with Gasteiger partial charge in [0, 0.05) is 0 Å².